The molecule has 0 atom stereocenters. The van der Waals surface area contributed by atoms with E-state index in [1.54, 1.807) is 11.3 Å². The highest BCUT2D eigenvalue weighted by Gasteiger charge is 2.01. The van der Waals surface area contributed by atoms with Crippen LogP contribution >= 0.6 is 23.1 Å². The van der Waals surface area contributed by atoms with Crippen molar-refractivity contribution in [2.24, 2.45) is 0 Å². The van der Waals surface area contributed by atoms with Crippen LogP contribution in [0.2, 0.25) is 0 Å². The Labute approximate surface area is 85.0 Å². The van der Waals surface area contributed by atoms with Crippen LogP contribution in [0.4, 0.5) is 0 Å². The van der Waals surface area contributed by atoms with Crippen LogP contribution in [0.3, 0.4) is 0 Å². The monoisotopic (exact) mass is 204 g/mol. The number of thioether (sulfide) groups is 1. The Hall–Kier alpha value is -0.985. The van der Waals surface area contributed by atoms with Gasteiger partial charge in [0, 0.05) is 9.80 Å². The van der Waals surface area contributed by atoms with Gasteiger partial charge in [-0.05, 0) is 30.0 Å². The first kappa shape index (κ1) is 8.61. The maximum atomic E-state index is 8.50. The third kappa shape index (κ3) is 1.69. The summed E-state index contributed by atoms with van der Waals surface area (Å²) in [5.41, 5.74) is 1.02. The number of nitrogens with zero attached hydrogens (tertiary/aromatic N) is 2. The summed E-state index contributed by atoms with van der Waals surface area (Å²) < 4.78 is 1.15. The van der Waals surface area contributed by atoms with E-state index >= 15 is 0 Å². The molecule has 2 rings (SSSR count). The normalized spacial score (nSPS) is 10.1. The predicted octanol–water partition coefficient (Wildman–Crippen LogP) is 1.13. The molecule has 0 unspecified atom stereocenters. The number of thiocyanates is 1. The van der Waals surface area contributed by atoms with E-state index in [1.165, 1.54) is 11.8 Å². The van der Waals surface area contributed by atoms with E-state index in [9.17, 15) is 0 Å². The first-order valence-electron chi connectivity index (χ1n) is 3.73. The van der Waals surface area contributed by atoms with Gasteiger partial charge in [0.2, 0.25) is 0 Å². The molecule has 0 radical (unpaired) electrons. The molecule has 0 bridgehead atoms. The molecule has 2 nitrogen and oxygen atoms in total. The van der Waals surface area contributed by atoms with Crippen LogP contribution in [0, 0.1) is 10.7 Å². The van der Waals surface area contributed by atoms with Crippen molar-refractivity contribution >= 4 is 46.1 Å². The summed E-state index contributed by atoms with van der Waals surface area (Å²) in [6.07, 6.45) is 0. The molecule has 0 aliphatic heterocycles. The average Bonchev–Trinajstić information content (AvgIpc) is 2.44. The lowest BCUT2D eigenvalue weighted by Crippen LogP contribution is -1.96. The molecule has 5 heteroatoms. The lowest BCUT2D eigenvalue weighted by molar-refractivity contribution is 1.48. The second-order valence-electron chi connectivity index (χ2n) is 2.56. The van der Waals surface area contributed by atoms with E-state index < -0.39 is 0 Å². The average molecular weight is 204 g/mol. The van der Waals surface area contributed by atoms with Gasteiger partial charge >= 0.3 is 0 Å². The summed E-state index contributed by atoms with van der Waals surface area (Å²) in [6.45, 7) is 0. The fourth-order valence-electron chi connectivity index (χ4n) is 1.14. The van der Waals surface area contributed by atoms with Crippen LogP contribution in [0.5, 0.6) is 0 Å². The Morgan fingerprint density at radius 3 is 3.15 bits per heavy atom. The number of rotatable bonds is 1. The van der Waals surface area contributed by atoms with Crippen molar-refractivity contribution in [2.45, 2.75) is 4.90 Å². The number of fused-ring (bicyclic) bond motifs is 1. The van der Waals surface area contributed by atoms with E-state index in [1.807, 2.05) is 26.0 Å². The molecule has 1 aromatic heterocycles. The van der Waals surface area contributed by atoms with Gasteiger partial charge in [0.25, 0.3) is 0 Å². The van der Waals surface area contributed by atoms with Crippen molar-refractivity contribution < 1.29 is 0 Å². The van der Waals surface area contributed by atoms with Gasteiger partial charge in [0.05, 0.1) is 10.2 Å². The van der Waals surface area contributed by atoms with Crippen molar-refractivity contribution in [3.05, 3.63) is 18.2 Å². The molecule has 0 amide bonds. The summed E-state index contributed by atoms with van der Waals surface area (Å²) in [7, 11) is 1.99. The lowest BCUT2D eigenvalue weighted by atomic mass is 10.2. The number of aromatic nitrogens is 1. The zero-order valence-electron chi connectivity index (χ0n) is 6.94. The Morgan fingerprint density at radius 2 is 2.38 bits per heavy atom. The van der Waals surface area contributed by atoms with E-state index in [0.717, 1.165) is 20.0 Å². The fourth-order valence-corrected chi connectivity index (χ4v) is 2.50. The quantitative estimate of drug-likeness (QED) is 0.397. The maximum Gasteiger partial charge on any atom is 0.177 e. The number of hydrogen-bond donors (Lipinski definition) is 0. The minimum Gasteiger partial charge on any atom is -0.252 e. The smallest absolute Gasteiger partial charge is 0.177 e. The van der Waals surface area contributed by atoms with Crippen LogP contribution in [0.25, 0.3) is 10.2 Å². The number of thiazole rings is 1. The van der Waals surface area contributed by atoms with Gasteiger partial charge in [-0.25, -0.2) is 0 Å². The van der Waals surface area contributed by atoms with E-state index in [4.69, 9.17) is 5.26 Å². The third-order valence-electron chi connectivity index (χ3n) is 1.63. The van der Waals surface area contributed by atoms with Gasteiger partial charge in [-0.15, -0.1) is 11.3 Å². The van der Waals surface area contributed by atoms with Gasteiger partial charge in [-0.3, -0.25) is 4.98 Å². The molecule has 0 aliphatic carbocycles. The van der Waals surface area contributed by atoms with Crippen LogP contribution in [-0.4, -0.2) is 12.8 Å². The standard InChI is InChI=1S/C8H5BN2S2/c9-8-11-6-2-1-5(12-4-10)3-7(6)13-8/h1-3H,9H2. The Balaban J connectivity index is 2.56. The van der Waals surface area contributed by atoms with Crippen molar-refractivity contribution in [3.8, 4) is 5.40 Å². The van der Waals surface area contributed by atoms with Gasteiger partial charge in [-0.2, -0.15) is 5.26 Å². The molecule has 62 valence electrons. The highest BCUT2D eigenvalue weighted by Crippen LogP contribution is 2.23. The Bertz CT molecular complexity index is 486. The SMILES string of the molecule is Bc1nc2ccc(SC#N)cc2s1. The first-order valence-corrected chi connectivity index (χ1v) is 5.36. The minimum atomic E-state index is 0.985. The van der Waals surface area contributed by atoms with Gasteiger partial charge in [0.15, 0.2) is 7.85 Å². The van der Waals surface area contributed by atoms with Crippen molar-refractivity contribution in [1.82, 2.24) is 4.98 Å². The molecule has 2 aromatic rings. The van der Waals surface area contributed by atoms with Gasteiger partial charge < -0.3 is 0 Å². The molecule has 0 aliphatic rings. The molecule has 1 heterocycles. The molecule has 0 fully saturated rings. The van der Waals surface area contributed by atoms with Crippen molar-refractivity contribution in [1.29, 1.82) is 5.26 Å². The Kier molecular flexibility index (Phi) is 2.25. The number of nitriles is 1. The lowest BCUT2D eigenvalue weighted by Gasteiger charge is -1.91. The first-order chi connectivity index (χ1) is 6.29. The highest BCUT2D eigenvalue weighted by atomic mass is 32.2. The Morgan fingerprint density at radius 1 is 1.54 bits per heavy atom. The van der Waals surface area contributed by atoms with Crippen molar-refractivity contribution in [2.75, 3.05) is 0 Å². The molecule has 0 spiro atoms. The van der Waals surface area contributed by atoms with Gasteiger partial charge in [-0.1, -0.05) is 0 Å². The second kappa shape index (κ2) is 3.40. The molecule has 1 aromatic carbocycles. The zero-order valence-corrected chi connectivity index (χ0v) is 8.58. The maximum absolute atomic E-state index is 8.50. The summed E-state index contributed by atoms with van der Waals surface area (Å²) >= 11 is 2.84. The summed E-state index contributed by atoms with van der Waals surface area (Å²) in [6, 6.07) is 5.89. The van der Waals surface area contributed by atoms with Crippen LogP contribution in [-0.2, 0) is 0 Å². The largest absolute Gasteiger partial charge is 0.252 e. The zero-order chi connectivity index (χ0) is 9.26. The third-order valence-corrected chi connectivity index (χ3v) is 3.14. The van der Waals surface area contributed by atoms with Crippen LogP contribution < -0.4 is 4.91 Å². The molecule has 0 saturated heterocycles. The highest BCUT2D eigenvalue weighted by molar-refractivity contribution is 8.03. The second-order valence-corrected chi connectivity index (χ2v) is 4.65. The molecule has 13 heavy (non-hydrogen) atoms. The topological polar surface area (TPSA) is 36.7 Å². The molecule has 0 saturated carbocycles. The minimum absolute atomic E-state index is 0.985. The fraction of sp³-hybridized carbons (Fsp3) is 0. The number of benzene rings is 1. The van der Waals surface area contributed by atoms with E-state index in [2.05, 4.69) is 10.4 Å². The summed E-state index contributed by atoms with van der Waals surface area (Å²) in [5.74, 6) is 0. The molecular weight excluding hydrogens is 199 g/mol. The number of hydrogen-bond acceptors (Lipinski definition) is 4. The van der Waals surface area contributed by atoms with Crippen molar-refractivity contribution in [3.63, 3.8) is 0 Å². The van der Waals surface area contributed by atoms with Crippen LogP contribution in [0.1, 0.15) is 0 Å². The molecular formula is C8H5BN2S2. The molecule has 0 N–H and O–H groups in total. The van der Waals surface area contributed by atoms with Gasteiger partial charge in [0.1, 0.15) is 5.40 Å². The summed E-state index contributed by atoms with van der Waals surface area (Å²) in [4.78, 5) is 6.39. The van der Waals surface area contributed by atoms with Crippen LogP contribution in [0.15, 0.2) is 23.1 Å². The predicted molar refractivity (Wildman–Crippen MR) is 59.3 cm³/mol. The van der Waals surface area contributed by atoms with E-state index in [-0.39, 0.29) is 0 Å². The van der Waals surface area contributed by atoms with E-state index in [0.29, 0.717) is 0 Å². The summed E-state index contributed by atoms with van der Waals surface area (Å²) in [5, 5.41) is 10.6.